The molecule has 5 rings (SSSR count). The quantitative estimate of drug-likeness (QED) is 0.174. The minimum absolute atomic E-state index is 0.0122. The minimum atomic E-state index is -4.28. The summed E-state index contributed by atoms with van der Waals surface area (Å²) < 4.78 is 42.9. The zero-order valence-corrected chi connectivity index (χ0v) is 27.3. The summed E-state index contributed by atoms with van der Waals surface area (Å²) in [7, 11) is -4.28. The molecule has 0 bridgehead atoms. The van der Waals surface area contributed by atoms with Crippen LogP contribution in [0.4, 0.5) is 10.1 Å². The number of rotatable bonds is 12. The van der Waals surface area contributed by atoms with Crippen LogP contribution in [-0.2, 0) is 32.6 Å². The zero-order chi connectivity index (χ0) is 32.7. The number of halogens is 3. The van der Waals surface area contributed by atoms with Gasteiger partial charge in [-0.1, -0.05) is 90.6 Å². The monoisotopic (exact) mass is 681 g/mol. The van der Waals surface area contributed by atoms with Crippen LogP contribution in [0, 0.1) is 5.82 Å². The van der Waals surface area contributed by atoms with Gasteiger partial charge in [0.1, 0.15) is 18.4 Å². The second-order valence-corrected chi connectivity index (χ2v) is 13.9. The molecule has 1 N–H and O–H groups in total. The molecule has 1 aliphatic carbocycles. The van der Waals surface area contributed by atoms with Crippen LogP contribution in [-0.4, -0.2) is 43.8 Å². The number of carbonyl (C=O) groups is 2. The summed E-state index contributed by atoms with van der Waals surface area (Å²) in [6, 6.07) is 25.9. The molecule has 1 fully saturated rings. The van der Waals surface area contributed by atoms with Crippen molar-refractivity contribution in [3.8, 4) is 0 Å². The molecular formula is C35H34Cl2FN3O4S. The normalized spacial score (nSPS) is 14.1. The highest BCUT2D eigenvalue weighted by Crippen LogP contribution is 2.27. The third kappa shape index (κ3) is 8.26. The van der Waals surface area contributed by atoms with Gasteiger partial charge in [-0.3, -0.25) is 13.9 Å². The molecule has 4 aromatic rings. The van der Waals surface area contributed by atoms with Crippen molar-refractivity contribution in [3.63, 3.8) is 0 Å². The number of nitrogens with zero attached hydrogens (tertiary/aromatic N) is 2. The Hall–Kier alpha value is -3.92. The molecule has 1 aliphatic rings. The van der Waals surface area contributed by atoms with Gasteiger partial charge < -0.3 is 10.2 Å². The first-order chi connectivity index (χ1) is 22.1. The van der Waals surface area contributed by atoms with E-state index < -0.39 is 34.3 Å². The molecule has 0 aliphatic heterocycles. The molecule has 0 saturated heterocycles. The van der Waals surface area contributed by atoms with Gasteiger partial charge in [-0.25, -0.2) is 12.8 Å². The first kappa shape index (κ1) is 33.4. The number of hydrogen-bond acceptors (Lipinski definition) is 4. The lowest BCUT2D eigenvalue weighted by Gasteiger charge is -2.34. The van der Waals surface area contributed by atoms with Gasteiger partial charge in [0, 0.05) is 19.0 Å². The third-order valence-corrected chi connectivity index (χ3v) is 10.6. The van der Waals surface area contributed by atoms with Crippen molar-refractivity contribution in [1.29, 1.82) is 0 Å². The second-order valence-electron chi connectivity index (χ2n) is 11.3. The number of amides is 2. The fraction of sp³-hybridized carbons (Fsp3) is 0.257. The van der Waals surface area contributed by atoms with Crippen LogP contribution < -0.4 is 9.62 Å². The molecule has 0 unspecified atom stereocenters. The number of carbonyl (C=O) groups excluding carboxylic acids is 2. The maximum atomic E-state index is 14.5. The molecule has 240 valence electrons. The smallest absolute Gasteiger partial charge is 0.264 e. The van der Waals surface area contributed by atoms with Crippen molar-refractivity contribution in [2.45, 2.75) is 55.6 Å². The van der Waals surface area contributed by atoms with E-state index in [-0.39, 0.29) is 40.5 Å². The van der Waals surface area contributed by atoms with Crippen molar-refractivity contribution < 1.29 is 22.4 Å². The molecule has 1 saturated carbocycles. The molecule has 4 aromatic carbocycles. The fourth-order valence-corrected chi connectivity index (χ4v) is 7.37. The highest BCUT2D eigenvalue weighted by atomic mass is 35.5. The highest BCUT2D eigenvalue weighted by molar-refractivity contribution is 7.92. The van der Waals surface area contributed by atoms with E-state index in [2.05, 4.69) is 5.32 Å². The lowest BCUT2D eigenvalue weighted by atomic mass is 10.0. The van der Waals surface area contributed by atoms with Crippen molar-refractivity contribution in [2.24, 2.45) is 0 Å². The van der Waals surface area contributed by atoms with Crippen LogP contribution in [0.2, 0.25) is 10.0 Å². The SMILES string of the molecule is O=C(NC1CCCC1)[C@H](Cc1ccccc1)N(Cc1ccc(Cl)c(Cl)c1)C(=O)CN(c1ccc(F)cc1)S(=O)(=O)c1ccccc1. The molecule has 0 heterocycles. The van der Waals surface area contributed by atoms with E-state index in [0.717, 1.165) is 47.7 Å². The van der Waals surface area contributed by atoms with Gasteiger partial charge in [0.2, 0.25) is 11.8 Å². The standard InChI is InChI=1S/C35H34Cl2FN3O4S/c36-31-20-15-26(21-32(31)37)23-40(33(22-25-9-3-1-4-10-25)35(43)39-28-11-7-8-12-28)34(42)24-41(29-18-16-27(38)17-19-29)46(44,45)30-13-5-2-6-14-30/h1-6,9-10,13-21,28,33H,7-8,11-12,22-24H2,(H,39,43)/t33-/m0/s1. The maximum absolute atomic E-state index is 14.5. The van der Waals surface area contributed by atoms with Gasteiger partial charge in [-0.05, 0) is 72.5 Å². The van der Waals surface area contributed by atoms with Gasteiger partial charge in [0.25, 0.3) is 10.0 Å². The van der Waals surface area contributed by atoms with Crippen LogP contribution in [0.25, 0.3) is 0 Å². The second kappa shape index (κ2) is 15.1. The molecule has 1 atom stereocenters. The predicted octanol–water partition coefficient (Wildman–Crippen LogP) is 7.03. The lowest BCUT2D eigenvalue weighted by Crippen LogP contribution is -2.54. The Labute approximate surface area is 279 Å². The summed E-state index contributed by atoms with van der Waals surface area (Å²) in [5.41, 5.74) is 1.53. The van der Waals surface area contributed by atoms with Gasteiger partial charge in [0.15, 0.2) is 0 Å². The Bertz CT molecular complexity index is 1750. The zero-order valence-electron chi connectivity index (χ0n) is 25.0. The maximum Gasteiger partial charge on any atom is 0.264 e. The molecule has 0 spiro atoms. The summed E-state index contributed by atoms with van der Waals surface area (Å²) >= 11 is 12.5. The minimum Gasteiger partial charge on any atom is -0.352 e. The summed E-state index contributed by atoms with van der Waals surface area (Å²) in [6.07, 6.45) is 3.89. The lowest BCUT2D eigenvalue weighted by molar-refractivity contribution is -0.140. The number of benzene rings is 4. The highest BCUT2D eigenvalue weighted by Gasteiger charge is 2.35. The fourth-order valence-electron chi connectivity index (χ4n) is 5.61. The largest absolute Gasteiger partial charge is 0.352 e. The van der Waals surface area contributed by atoms with Crippen molar-refractivity contribution in [2.75, 3.05) is 10.8 Å². The van der Waals surface area contributed by atoms with E-state index in [0.29, 0.717) is 10.6 Å². The van der Waals surface area contributed by atoms with E-state index >= 15 is 0 Å². The van der Waals surface area contributed by atoms with Crippen LogP contribution in [0.3, 0.4) is 0 Å². The van der Waals surface area contributed by atoms with Gasteiger partial charge >= 0.3 is 0 Å². The van der Waals surface area contributed by atoms with Crippen molar-refractivity contribution in [3.05, 3.63) is 130 Å². The van der Waals surface area contributed by atoms with E-state index in [1.165, 1.54) is 29.2 Å². The van der Waals surface area contributed by atoms with Gasteiger partial charge in [0.05, 0.1) is 20.6 Å². The third-order valence-electron chi connectivity index (χ3n) is 8.03. The Morgan fingerprint density at radius 3 is 2.09 bits per heavy atom. The average molecular weight is 683 g/mol. The van der Waals surface area contributed by atoms with Gasteiger partial charge in [-0.2, -0.15) is 0 Å². The Morgan fingerprint density at radius 2 is 1.46 bits per heavy atom. The first-order valence-electron chi connectivity index (χ1n) is 15.0. The van der Waals surface area contributed by atoms with E-state index in [1.54, 1.807) is 36.4 Å². The summed E-state index contributed by atoms with van der Waals surface area (Å²) in [6.45, 7) is -0.694. The van der Waals surface area contributed by atoms with Crippen molar-refractivity contribution >= 4 is 50.7 Å². The average Bonchev–Trinajstić information content (AvgIpc) is 3.57. The van der Waals surface area contributed by atoms with Crippen LogP contribution in [0.15, 0.2) is 108 Å². The molecule has 11 heteroatoms. The van der Waals surface area contributed by atoms with Crippen LogP contribution >= 0.6 is 23.2 Å². The topological polar surface area (TPSA) is 86.8 Å². The Kier molecular flexibility index (Phi) is 11.0. The van der Waals surface area contributed by atoms with Gasteiger partial charge in [-0.15, -0.1) is 0 Å². The Morgan fingerprint density at radius 1 is 0.826 bits per heavy atom. The van der Waals surface area contributed by atoms with Crippen molar-refractivity contribution in [1.82, 2.24) is 10.2 Å². The molecule has 2 amide bonds. The summed E-state index contributed by atoms with van der Waals surface area (Å²) in [4.78, 5) is 29.9. The van der Waals surface area contributed by atoms with Crippen LogP contribution in [0.5, 0.6) is 0 Å². The number of sulfonamides is 1. The molecule has 0 aromatic heterocycles. The van der Waals surface area contributed by atoms with Crippen LogP contribution in [0.1, 0.15) is 36.8 Å². The van der Waals surface area contributed by atoms with E-state index in [4.69, 9.17) is 23.2 Å². The number of anilines is 1. The molecule has 7 nitrogen and oxygen atoms in total. The number of nitrogens with one attached hydrogen (secondary N) is 1. The summed E-state index contributed by atoms with van der Waals surface area (Å²) in [5, 5.41) is 3.75. The molecular weight excluding hydrogens is 648 g/mol. The van der Waals surface area contributed by atoms with E-state index in [1.807, 2.05) is 30.3 Å². The molecule has 0 radical (unpaired) electrons. The summed E-state index contributed by atoms with van der Waals surface area (Å²) in [5.74, 6) is -1.51. The predicted molar refractivity (Wildman–Crippen MR) is 179 cm³/mol. The Balaban J connectivity index is 1.57. The number of hydrogen-bond donors (Lipinski definition) is 1. The molecule has 46 heavy (non-hydrogen) atoms. The van der Waals surface area contributed by atoms with E-state index in [9.17, 15) is 22.4 Å². The first-order valence-corrected chi connectivity index (χ1v) is 17.2.